The van der Waals surface area contributed by atoms with Crippen LogP contribution in [0, 0.1) is 5.92 Å². The summed E-state index contributed by atoms with van der Waals surface area (Å²) >= 11 is 0. The topological polar surface area (TPSA) is 338 Å². The van der Waals surface area contributed by atoms with Gasteiger partial charge in [-0.15, -0.1) is 0 Å². The molecule has 0 spiro atoms. The van der Waals surface area contributed by atoms with Crippen molar-refractivity contribution in [3.63, 3.8) is 0 Å². The molecule has 0 radical (unpaired) electrons. The predicted octanol–water partition coefficient (Wildman–Crippen LogP) is 0.328. The maximum absolute atomic E-state index is 13.3. The summed E-state index contributed by atoms with van der Waals surface area (Å²) in [7, 11) is 0. The number of rotatable bonds is 30. The Kier molecular flexibility index (Phi) is 23.2. The summed E-state index contributed by atoms with van der Waals surface area (Å²) < 4.78 is 35.5. The Morgan fingerprint density at radius 2 is 0.788 bits per heavy atom. The second-order valence-electron chi connectivity index (χ2n) is 15.1. The van der Waals surface area contributed by atoms with Crippen molar-refractivity contribution in [1.29, 1.82) is 0 Å². The zero-order valence-corrected chi connectivity index (χ0v) is 36.9. The van der Waals surface area contributed by atoms with E-state index in [1.165, 1.54) is 13.8 Å². The molecule has 2 fully saturated rings. The van der Waals surface area contributed by atoms with E-state index in [0.29, 0.717) is 0 Å². The van der Waals surface area contributed by atoms with E-state index in [1.807, 2.05) is 0 Å². The first-order valence-electron chi connectivity index (χ1n) is 21.0. The van der Waals surface area contributed by atoms with E-state index in [0.717, 1.165) is 13.8 Å². The fraction of sp³-hybridized carbons (Fsp3) is 0.628. The summed E-state index contributed by atoms with van der Waals surface area (Å²) in [5.74, 6) is -15.6. The maximum atomic E-state index is 13.3. The summed E-state index contributed by atoms with van der Waals surface area (Å²) in [5, 5.41) is 0. The smallest absolute Gasteiger partial charge is 0.307 e. The Morgan fingerprint density at radius 3 is 1.17 bits per heavy atom. The second kappa shape index (κ2) is 27.6. The Morgan fingerprint density at radius 1 is 0.455 bits per heavy atom. The molecule has 23 heteroatoms. The number of ketones is 9. The molecule has 0 bridgehead atoms. The molecule has 23 nitrogen and oxygen atoms in total. The third-order valence-corrected chi connectivity index (χ3v) is 9.80. The number of esters is 7. The molecule has 0 N–H and O–H groups in total. The molecule has 66 heavy (non-hydrogen) atoms. The second-order valence-corrected chi connectivity index (χ2v) is 15.1. The number of hydrogen-bond acceptors (Lipinski definition) is 23. The van der Waals surface area contributed by atoms with Crippen LogP contribution in [0.15, 0.2) is 0 Å². The molecule has 0 amide bonds. The highest BCUT2D eigenvalue weighted by atomic mass is 16.6. The lowest BCUT2D eigenvalue weighted by molar-refractivity contribution is -0.169. The van der Waals surface area contributed by atoms with Crippen LogP contribution in [0.3, 0.4) is 0 Å². The Balaban J connectivity index is 2.29. The van der Waals surface area contributed by atoms with E-state index in [1.54, 1.807) is 0 Å². The standard InChI is InChI=1S/C43H52O23/c1-5-26(47)40(22(3)44)63-37(57)15-13-33(53)60-20-24(19-25(46)7-12-36(56)65-42-28(49)8-9-29(42)50)32(62-35(55)17-18-38(58)64-41(23(4)45)27(48)6-2)21-61-34(54)14-16-39(59)66-43-30(51)10-11-31(43)52/h24,32,40-43H,5-21H2,1-4H3. The average molecular weight is 937 g/mol. The van der Waals surface area contributed by atoms with Crippen LogP contribution in [0.4, 0.5) is 0 Å². The van der Waals surface area contributed by atoms with Crippen molar-refractivity contribution in [1.82, 2.24) is 0 Å². The van der Waals surface area contributed by atoms with Crippen molar-refractivity contribution >= 4 is 93.8 Å². The maximum Gasteiger partial charge on any atom is 0.307 e. The van der Waals surface area contributed by atoms with Crippen LogP contribution < -0.4 is 0 Å². The summed E-state index contributed by atoms with van der Waals surface area (Å²) in [6.07, 6.45) is -15.5. The van der Waals surface area contributed by atoms with Gasteiger partial charge in [0.15, 0.2) is 46.3 Å². The molecular weight excluding hydrogens is 884 g/mol. The fourth-order valence-electron chi connectivity index (χ4n) is 6.08. The first kappa shape index (κ1) is 55.5. The lowest BCUT2D eigenvalue weighted by atomic mass is 9.95. The van der Waals surface area contributed by atoms with Crippen molar-refractivity contribution in [2.75, 3.05) is 13.2 Å². The predicted molar refractivity (Wildman–Crippen MR) is 212 cm³/mol. The van der Waals surface area contributed by atoms with Gasteiger partial charge in [0.05, 0.1) is 51.6 Å². The van der Waals surface area contributed by atoms with Gasteiger partial charge < -0.3 is 33.2 Å². The van der Waals surface area contributed by atoms with Gasteiger partial charge in [-0.05, 0) is 13.8 Å². The van der Waals surface area contributed by atoms with Crippen molar-refractivity contribution < 1.29 is 110 Å². The van der Waals surface area contributed by atoms with E-state index in [4.69, 9.17) is 33.2 Å². The van der Waals surface area contributed by atoms with E-state index in [2.05, 4.69) is 0 Å². The summed E-state index contributed by atoms with van der Waals surface area (Å²) in [5.41, 5.74) is 0. The number of ether oxygens (including phenoxy) is 7. The molecule has 0 aromatic carbocycles. The van der Waals surface area contributed by atoms with Gasteiger partial charge in [-0.3, -0.25) is 76.7 Å². The largest absolute Gasteiger partial charge is 0.465 e. The lowest BCUT2D eigenvalue weighted by Crippen LogP contribution is -2.37. The van der Waals surface area contributed by atoms with Crippen molar-refractivity contribution in [2.24, 2.45) is 5.92 Å². The van der Waals surface area contributed by atoms with Crippen molar-refractivity contribution in [2.45, 2.75) is 155 Å². The summed E-state index contributed by atoms with van der Waals surface area (Å²) in [4.78, 5) is 197. The Hall–Kier alpha value is -6.68. The molecule has 2 rings (SSSR count). The van der Waals surface area contributed by atoms with Gasteiger partial charge in [0.2, 0.25) is 24.4 Å². The summed E-state index contributed by atoms with van der Waals surface area (Å²) in [6.45, 7) is 3.13. The highest BCUT2D eigenvalue weighted by Crippen LogP contribution is 2.21. The molecule has 2 aliphatic carbocycles. The van der Waals surface area contributed by atoms with Gasteiger partial charge in [0, 0.05) is 57.3 Å². The molecule has 362 valence electrons. The lowest BCUT2D eigenvalue weighted by Gasteiger charge is -2.26. The quantitative estimate of drug-likeness (QED) is 0.0532. The minimum Gasteiger partial charge on any atom is -0.465 e. The minimum atomic E-state index is -1.74. The van der Waals surface area contributed by atoms with E-state index in [-0.39, 0.29) is 38.5 Å². The van der Waals surface area contributed by atoms with Crippen LogP contribution in [0.25, 0.3) is 0 Å². The van der Waals surface area contributed by atoms with Crippen LogP contribution in [-0.4, -0.2) is 138 Å². The van der Waals surface area contributed by atoms with Crippen LogP contribution in [-0.2, 0) is 110 Å². The van der Waals surface area contributed by atoms with Gasteiger partial charge in [-0.1, -0.05) is 13.8 Å². The zero-order chi connectivity index (χ0) is 49.7. The highest BCUT2D eigenvalue weighted by Gasteiger charge is 2.38. The van der Waals surface area contributed by atoms with E-state index < -0.39 is 201 Å². The molecule has 0 saturated heterocycles. The first-order chi connectivity index (χ1) is 31.1. The molecule has 4 atom stereocenters. The van der Waals surface area contributed by atoms with Gasteiger partial charge in [-0.25, -0.2) is 0 Å². The molecule has 2 aliphatic rings. The van der Waals surface area contributed by atoms with Gasteiger partial charge >= 0.3 is 41.8 Å². The average Bonchev–Trinajstić information content (AvgIpc) is 3.76. The van der Waals surface area contributed by atoms with Crippen LogP contribution >= 0.6 is 0 Å². The Labute approximate surface area is 376 Å². The molecule has 0 aliphatic heterocycles. The SMILES string of the molecule is CCC(=O)C(OC(=O)CCC(=O)OCC(CC(=O)CCC(=O)OC1C(=O)CCC1=O)C(COC(=O)CCC(=O)OC1C(=O)CCC1=O)OC(=O)CCC(=O)OC(C(C)=O)C(=O)CC)C(C)=O. The van der Waals surface area contributed by atoms with E-state index >= 15 is 0 Å². The van der Waals surface area contributed by atoms with Gasteiger partial charge in [0.1, 0.15) is 18.5 Å². The number of Topliss-reactive ketones (excluding diaryl/α,β-unsaturated/α-hetero) is 9. The molecule has 0 aromatic rings. The van der Waals surface area contributed by atoms with Gasteiger partial charge in [0.25, 0.3) is 0 Å². The zero-order valence-electron chi connectivity index (χ0n) is 36.9. The third kappa shape index (κ3) is 19.2. The molecule has 4 unspecified atom stereocenters. The van der Waals surface area contributed by atoms with Crippen molar-refractivity contribution in [3.8, 4) is 0 Å². The van der Waals surface area contributed by atoms with Crippen LogP contribution in [0.2, 0.25) is 0 Å². The monoisotopic (exact) mass is 936 g/mol. The first-order valence-corrected chi connectivity index (χ1v) is 21.0. The molecule has 2 saturated carbocycles. The number of carbonyl (C=O) groups excluding carboxylic acids is 16. The number of hydrogen-bond donors (Lipinski definition) is 0. The van der Waals surface area contributed by atoms with Crippen LogP contribution in [0.5, 0.6) is 0 Å². The minimum absolute atomic E-state index is 0.127. The van der Waals surface area contributed by atoms with Crippen molar-refractivity contribution in [3.05, 3.63) is 0 Å². The van der Waals surface area contributed by atoms with Gasteiger partial charge in [-0.2, -0.15) is 0 Å². The Bertz CT molecular complexity index is 1930. The van der Waals surface area contributed by atoms with Crippen LogP contribution in [0.1, 0.15) is 124 Å². The highest BCUT2D eigenvalue weighted by molar-refractivity contribution is 6.13. The molecule has 0 aromatic heterocycles. The molecular formula is C43H52O23. The van der Waals surface area contributed by atoms with E-state index in [9.17, 15) is 76.7 Å². The fourth-order valence-corrected chi connectivity index (χ4v) is 6.08. The summed E-state index contributed by atoms with van der Waals surface area (Å²) in [6, 6.07) is 0. The normalized spacial score (nSPS) is 15.7. The molecule has 0 heterocycles. The third-order valence-electron chi connectivity index (χ3n) is 9.80. The number of carbonyl (C=O) groups is 16.